The molecule has 1 unspecified atom stereocenters. The fourth-order valence-corrected chi connectivity index (χ4v) is 2.85. The van der Waals surface area contributed by atoms with Gasteiger partial charge >= 0.3 is 0 Å². The van der Waals surface area contributed by atoms with Gasteiger partial charge < -0.3 is 5.11 Å². The molecule has 0 radical (unpaired) electrons. The van der Waals surface area contributed by atoms with E-state index in [4.69, 9.17) is 5.11 Å². The minimum Gasteiger partial charge on any atom is -0.395 e. The highest BCUT2D eigenvalue weighted by Crippen LogP contribution is 2.13. The van der Waals surface area contributed by atoms with E-state index in [1.165, 1.54) is 0 Å². The smallest absolute Gasteiger partial charge is 0.240 e. The Morgan fingerprint density at radius 2 is 2.00 bits per heavy atom. The Labute approximate surface area is 121 Å². The lowest BCUT2D eigenvalue weighted by Gasteiger charge is -2.17. The maximum atomic E-state index is 12.2. The molecule has 0 amide bonds. The first kappa shape index (κ1) is 16.7. The molecule has 0 heterocycles. The molecule has 1 aromatic carbocycles. The monoisotopic (exact) mass is 295 g/mol. The van der Waals surface area contributed by atoms with Crippen LogP contribution < -0.4 is 4.72 Å². The van der Waals surface area contributed by atoms with E-state index >= 15 is 0 Å². The second kappa shape index (κ2) is 7.44. The van der Waals surface area contributed by atoms with Crippen LogP contribution in [0.4, 0.5) is 0 Å². The molecular weight excluding hydrogens is 274 g/mol. The van der Waals surface area contributed by atoms with Crippen LogP contribution in [0.15, 0.2) is 29.2 Å². The third-order valence-corrected chi connectivity index (χ3v) is 4.51. The van der Waals surface area contributed by atoms with Gasteiger partial charge in [-0.15, -0.1) is 0 Å². The van der Waals surface area contributed by atoms with E-state index in [1.807, 2.05) is 20.8 Å². The highest BCUT2D eigenvalue weighted by Gasteiger charge is 2.19. The Balaban J connectivity index is 2.97. The van der Waals surface area contributed by atoms with E-state index in [0.717, 1.165) is 0 Å². The van der Waals surface area contributed by atoms with Crippen molar-refractivity contribution in [1.82, 2.24) is 4.72 Å². The van der Waals surface area contributed by atoms with E-state index in [2.05, 4.69) is 16.6 Å². The topological polar surface area (TPSA) is 66.4 Å². The molecule has 110 valence electrons. The number of benzene rings is 1. The fourth-order valence-electron chi connectivity index (χ4n) is 1.41. The SMILES string of the molecule is CC(C)C(C)NS(=O)(=O)c1cccc(C#CCCO)c1. The van der Waals surface area contributed by atoms with Gasteiger partial charge in [-0.2, -0.15) is 0 Å². The lowest BCUT2D eigenvalue weighted by molar-refractivity contribution is 0.305. The van der Waals surface area contributed by atoms with Crippen LogP contribution in [0.3, 0.4) is 0 Å². The predicted octanol–water partition coefficient (Wildman–Crippen LogP) is 1.74. The number of hydrogen-bond donors (Lipinski definition) is 2. The first-order valence-electron chi connectivity index (χ1n) is 6.59. The molecule has 0 aliphatic heterocycles. The number of rotatable bonds is 5. The second-order valence-electron chi connectivity index (χ2n) is 4.96. The van der Waals surface area contributed by atoms with E-state index in [1.54, 1.807) is 24.3 Å². The summed E-state index contributed by atoms with van der Waals surface area (Å²) in [5, 5.41) is 8.67. The van der Waals surface area contributed by atoms with Crippen molar-refractivity contribution in [3.63, 3.8) is 0 Å². The second-order valence-corrected chi connectivity index (χ2v) is 6.67. The molecule has 0 fully saturated rings. The number of nitrogens with one attached hydrogen (secondary N) is 1. The van der Waals surface area contributed by atoms with E-state index in [0.29, 0.717) is 12.0 Å². The molecule has 20 heavy (non-hydrogen) atoms. The van der Waals surface area contributed by atoms with Gasteiger partial charge in [0.25, 0.3) is 0 Å². The fraction of sp³-hybridized carbons (Fsp3) is 0.467. The van der Waals surface area contributed by atoms with Crippen molar-refractivity contribution in [3.05, 3.63) is 29.8 Å². The third-order valence-electron chi connectivity index (χ3n) is 2.95. The lowest BCUT2D eigenvalue weighted by atomic mass is 10.1. The van der Waals surface area contributed by atoms with Gasteiger partial charge in [0.2, 0.25) is 10.0 Å². The van der Waals surface area contributed by atoms with Crippen LogP contribution in [-0.2, 0) is 10.0 Å². The summed E-state index contributed by atoms with van der Waals surface area (Å²) >= 11 is 0. The van der Waals surface area contributed by atoms with Gasteiger partial charge in [0.05, 0.1) is 11.5 Å². The summed E-state index contributed by atoms with van der Waals surface area (Å²) in [6.45, 7) is 5.76. The maximum Gasteiger partial charge on any atom is 0.240 e. The molecule has 0 saturated carbocycles. The van der Waals surface area contributed by atoms with Crippen molar-refractivity contribution < 1.29 is 13.5 Å². The van der Waals surface area contributed by atoms with Crippen LogP contribution in [0, 0.1) is 17.8 Å². The molecule has 1 aromatic rings. The first-order chi connectivity index (χ1) is 9.36. The Morgan fingerprint density at radius 1 is 1.30 bits per heavy atom. The third kappa shape index (κ3) is 4.97. The molecule has 2 N–H and O–H groups in total. The van der Waals surface area contributed by atoms with Crippen molar-refractivity contribution in [1.29, 1.82) is 0 Å². The van der Waals surface area contributed by atoms with Crippen LogP contribution in [0.2, 0.25) is 0 Å². The summed E-state index contributed by atoms with van der Waals surface area (Å²) in [6, 6.07) is 6.36. The van der Waals surface area contributed by atoms with Crippen LogP contribution >= 0.6 is 0 Å². The van der Waals surface area contributed by atoms with Crippen LogP contribution in [0.1, 0.15) is 32.8 Å². The van der Waals surface area contributed by atoms with Gasteiger partial charge in [0.1, 0.15) is 0 Å². The highest BCUT2D eigenvalue weighted by atomic mass is 32.2. The van der Waals surface area contributed by atoms with Crippen molar-refractivity contribution >= 4 is 10.0 Å². The Kier molecular flexibility index (Phi) is 6.21. The zero-order chi connectivity index (χ0) is 15.2. The van der Waals surface area contributed by atoms with Gasteiger partial charge in [-0.1, -0.05) is 31.8 Å². The van der Waals surface area contributed by atoms with Gasteiger partial charge in [-0.3, -0.25) is 0 Å². The molecule has 0 saturated heterocycles. The molecule has 1 rings (SSSR count). The van der Waals surface area contributed by atoms with Crippen LogP contribution in [0.25, 0.3) is 0 Å². The highest BCUT2D eigenvalue weighted by molar-refractivity contribution is 7.89. The average molecular weight is 295 g/mol. The molecule has 5 heteroatoms. The van der Waals surface area contributed by atoms with Crippen molar-refractivity contribution in [3.8, 4) is 11.8 Å². The number of hydrogen-bond acceptors (Lipinski definition) is 3. The minimum atomic E-state index is -3.52. The summed E-state index contributed by atoms with van der Waals surface area (Å²) in [5.41, 5.74) is 0.624. The van der Waals surface area contributed by atoms with Crippen LogP contribution in [0.5, 0.6) is 0 Å². The summed E-state index contributed by atoms with van der Waals surface area (Å²) in [4.78, 5) is 0.209. The molecular formula is C15H21NO3S. The van der Waals surface area contributed by atoms with Gasteiger partial charge in [-0.05, 0) is 31.0 Å². The zero-order valence-electron chi connectivity index (χ0n) is 12.1. The van der Waals surface area contributed by atoms with Crippen molar-refractivity contribution in [2.45, 2.75) is 38.1 Å². The molecule has 0 aliphatic rings. The Morgan fingerprint density at radius 3 is 2.60 bits per heavy atom. The zero-order valence-corrected chi connectivity index (χ0v) is 12.9. The Bertz CT molecular complexity index is 597. The lowest BCUT2D eigenvalue weighted by Crippen LogP contribution is -2.36. The average Bonchev–Trinajstić information content (AvgIpc) is 2.39. The molecule has 0 aromatic heterocycles. The van der Waals surface area contributed by atoms with Gasteiger partial charge in [-0.25, -0.2) is 13.1 Å². The number of aliphatic hydroxyl groups is 1. The van der Waals surface area contributed by atoms with Gasteiger partial charge in [0.15, 0.2) is 0 Å². The number of sulfonamides is 1. The molecule has 4 nitrogen and oxygen atoms in total. The first-order valence-corrected chi connectivity index (χ1v) is 8.07. The van der Waals surface area contributed by atoms with Gasteiger partial charge in [0, 0.05) is 18.0 Å². The normalized spacial score (nSPS) is 12.8. The van der Waals surface area contributed by atoms with Crippen molar-refractivity contribution in [2.75, 3.05) is 6.61 Å². The molecule has 1 atom stereocenters. The number of aliphatic hydroxyl groups excluding tert-OH is 1. The molecule has 0 aliphatic carbocycles. The minimum absolute atomic E-state index is 0.00154. The van der Waals surface area contributed by atoms with E-state index in [-0.39, 0.29) is 23.5 Å². The summed E-state index contributed by atoms with van der Waals surface area (Å²) in [5.74, 6) is 5.83. The summed E-state index contributed by atoms with van der Waals surface area (Å²) in [6.07, 6.45) is 0.375. The van der Waals surface area contributed by atoms with E-state index in [9.17, 15) is 8.42 Å². The van der Waals surface area contributed by atoms with E-state index < -0.39 is 10.0 Å². The van der Waals surface area contributed by atoms with Crippen molar-refractivity contribution in [2.24, 2.45) is 5.92 Å². The summed E-state index contributed by atoms with van der Waals surface area (Å²) < 4.78 is 27.1. The molecule has 0 spiro atoms. The largest absolute Gasteiger partial charge is 0.395 e. The summed E-state index contributed by atoms with van der Waals surface area (Å²) in [7, 11) is -3.52. The quantitative estimate of drug-likeness (QED) is 0.813. The predicted molar refractivity (Wildman–Crippen MR) is 79.6 cm³/mol. The molecule has 0 bridgehead atoms. The standard InChI is InChI=1S/C15H21NO3S/c1-12(2)13(3)16-20(18,19)15-9-6-8-14(11-15)7-4-5-10-17/h6,8-9,11-13,16-17H,5,10H2,1-3H3. The van der Waals surface area contributed by atoms with Crippen LogP contribution in [-0.4, -0.2) is 26.2 Å². The Hall–Kier alpha value is -1.35. The maximum absolute atomic E-state index is 12.2.